The van der Waals surface area contributed by atoms with E-state index in [9.17, 15) is 0 Å². The van der Waals surface area contributed by atoms with Crippen molar-refractivity contribution in [3.8, 4) is 11.5 Å². The van der Waals surface area contributed by atoms with Crippen molar-refractivity contribution in [2.24, 2.45) is 5.92 Å². The van der Waals surface area contributed by atoms with Crippen LogP contribution in [0.15, 0.2) is 22.7 Å². The minimum Gasteiger partial charge on any atom is -0.373 e. The van der Waals surface area contributed by atoms with Crippen LogP contribution in [-0.4, -0.2) is 17.3 Å². The van der Waals surface area contributed by atoms with Gasteiger partial charge in [-0.1, -0.05) is 11.2 Å². The first-order valence-electron chi connectivity index (χ1n) is 7.04. The van der Waals surface area contributed by atoms with Gasteiger partial charge in [-0.2, -0.15) is 4.98 Å². The number of hydrogen-bond donors (Lipinski definition) is 1. The van der Waals surface area contributed by atoms with Crippen LogP contribution in [0.25, 0.3) is 11.5 Å². The molecule has 20 heavy (non-hydrogen) atoms. The van der Waals surface area contributed by atoms with Crippen LogP contribution in [0, 0.1) is 5.92 Å². The van der Waals surface area contributed by atoms with Crippen molar-refractivity contribution in [1.29, 1.82) is 0 Å². The predicted molar refractivity (Wildman–Crippen MR) is 72.8 cm³/mol. The third-order valence-electron chi connectivity index (χ3n) is 4.08. The molecule has 0 spiro atoms. The minimum atomic E-state index is -0.0245. The molecule has 0 radical (unpaired) electrons. The molecule has 1 aromatic heterocycles. The predicted octanol–water partition coefficient (Wildman–Crippen LogP) is 2.44. The Balaban J connectivity index is 1.64. The molecule has 1 fully saturated rings. The summed E-state index contributed by atoms with van der Waals surface area (Å²) in [6.07, 6.45) is 2.35. The first kappa shape index (κ1) is 12.1. The van der Waals surface area contributed by atoms with Crippen molar-refractivity contribution >= 4 is 0 Å². The summed E-state index contributed by atoms with van der Waals surface area (Å²) in [6.45, 7) is 1.85. The Bertz CT molecular complexity index is 634. The van der Waals surface area contributed by atoms with E-state index in [0.29, 0.717) is 17.6 Å². The second-order valence-electron chi connectivity index (χ2n) is 5.54. The Kier molecular flexibility index (Phi) is 2.82. The smallest absolute Gasteiger partial charge is 0.258 e. The molecule has 1 N–H and O–H groups in total. The van der Waals surface area contributed by atoms with E-state index in [1.807, 2.05) is 6.07 Å². The largest absolute Gasteiger partial charge is 0.373 e. The number of rotatable bonds is 4. The van der Waals surface area contributed by atoms with Crippen molar-refractivity contribution in [2.45, 2.75) is 32.0 Å². The molecule has 4 rings (SSSR count). The standard InChI is InChI=1S/C15H17N3O2/c1-19-13(9-2-3-9)14-17-15(20-18-14)10-4-5-11-7-16-8-12(11)6-10/h4-6,9,13,16H,2-3,7-8H2,1H3. The monoisotopic (exact) mass is 271 g/mol. The van der Waals surface area contributed by atoms with Crippen LogP contribution in [0.4, 0.5) is 0 Å². The van der Waals surface area contributed by atoms with Crippen LogP contribution in [0.1, 0.15) is 35.9 Å². The highest BCUT2D eigenvalue weighted by atomic mass is 16.5. The summed E-state index contributed by atoms with van der Waals surface area (Å²) in [5, 5.41) is 7.43. The maximum absolute atomic E-state index is 5.49. The van der Waals surface area contributed by atoms with Gasteiger partial charge in [0, 0.05) is 25.8 Å². The van der Waals surface area contributed by atoms with Crippen molar-refractivity contribution in [3.05, 3.63) is 35.2 Å². The van der Waals surface area contributed by atoms with Gasteiger partial charge in [0.1, 0.15) is 6.10 Å². The van der Waals surface area contributed by atoms with Gasteiger partial charge < -0.3 is 14.6 Å². The van der Waals surface area contributed by atoms with E-state index in [1.54, 1.807) is 7.11 Å². The number of fused-ring (bicyclic) bond motifs is 1. The van der Waals surface area contributed by atoms with E-state index in [-0.39, 0.29) is 6.10 Å². The summed E-state index contributed by atoms with van der Waals surface area (Å²) < 4.78 is 10.9. The number of aromatic nitrogens is 2. The molecule has 1 aliphatic carbocycles. The molecule has 1 saturated carbocycles. The highest BCUT2D eigenvalue weighted by Crippen LogP contribution is 2.42. The Labute approximate surface area is 117 Å². The van der Waals surface area contributed by atoms with Crippen LogP contribution >= 0.6 is 0 Å². The highest BCUT2D eigenvalue weighted by molar-refractivity contribution is 5.56. The topological polar surface area (TPSA) is 60.2 Å². The van der Waals surface area contributed by atoms with Crippen molar-refractivity contribution < 1.29 is 9.26 Å². The molecule has 0 amide bonds. The van der Waals surface area contributed by atoms with Crippen LogP contribution in [0.5, 0.6) is 0 Å². The van der Waals surface area contributed by atoms with Gasteiger partial charge in [0.25, 0.3) is 5.89 Å². The summed E-state index contributed by atoms with van der Waals surface area (Å²) in [7, 11) is 1.71. The fraction of sp³-hybridized carbons (Fsp3) is 0.467. The number of nitrogens with one attached hydrogen (secondary N) is 1. The van der Waals surface area contributed by atoms with Crippen LogP contribution in [0.3, 0.4) is 0 Å². The number of nitrogens with zero attached hydrogens (tertiary/aromatic N) is 2. The van der Waals surface area contributed by atoms with Gasteiger partial charge >= 0.3 is 0 Å². The average molecular weight is 271 g/mol. The molecule has 0 bridgehead atoms. The molecule has 1 aliphatic heterocycles. The van der Waals surface area contributed by atoms with Crippen LogP contribution in [0.2, 0.25) is 0 Å². The molecule has 5 nitrogen and oxygen atoms in total. The molecule has 2 aromatic rings. The fourth-order valence-corrected chi connectivity index (χ4v) is 2.80. The molecular weight excluding hydrogens is 254 g/mol. The van der Waals surface area contributed by atoms with Gasteiger partial charge in [-0.05, 0) is 42.0 Å². The van der Waals surface area contributed by atoms with Crippen molar-refractivity contribution in [1.82, 2.24) is 15.5 Å². The third-order valence-corrected chi connectivity index (χ3v) is 4.08. The summed E-state index contributed by atoms with van der Waals surface area (Å²) in [5.74, 6) is 1.80. The lowest BCUT2D eigenvalue weighted by molar-refractivity contribution is 0.0751. The maximum atomic E-state index is 5.49. The molecule has 1 aromatic carbocycles. The van der Waals surface area contributed by atoms with Crippen molar-refractivity contribution in [2.75, 3.05) is 7.11 Å². The Morgan fingerprint density at radius 1 is 1.30 bits per heavy atom. The fourth-order valence-electron chi connectivity index (χ4n) is 2.80. The SMILES string of the molecule is COC(c1noc(-c2ccc3c(c2)CNC3)n1)C1CC1. The van der Waals surface area contributed by atoms with E-state index in [2.05, 4.69) is 27.6 Å². The summed E-state index contributed by atoms with van der Waals surface area (Å²) in [6, 6.07) is 6.30. The Hall–Kier alpha value is -1.72. The summed E-state index contributed by atoms with van der Waals surface area (Å²) >= 11 is 0. The average Bonchev–Trinajstić information content (AvgIpc) is 3.01. The molecular formula is C15H17N3O2. The first-order valence-corrected chi connectivity index (χ1v) is 7.04. The lowest BCUT2D eigenvalue weighted by Gasteiger charge is -2.08. The van der Waals surface area contributed by atoms with Gasteiger partial charge in [-0.3, -0.25) is 0 Å². The normalized spacial score (nSPS) is 19.1. The Morgan fingerprint density at radius 2 is 2.15 bits per heavy atom. The number of methoxy groups -OCH3 is 1. The second kappa shape index (κ2) is 4.68. The van der Waals surface area contributed by atoms with E-state index in [1.165, 1.54) is 24.0 Å². The summed E-state index contributed by atoms with van der Waals surface area (Å²) in [4.78, 5) is 4.52. The van der Waals surface area contributed by atoms with Gasteiger partial charge in [0.05, 0.1) is 0 Å². The van der Waals surface area contributed by atoms with E-state index in [0.717, 1.165) is 18.7 Å². The number of ether oxygens (including phenoxy) is 1. The Morgan fingerprint density at radius 3 is 2.95 bits per heavy atom. The zero-order valence-corrected chi connectivity index (χ0v) is 11.4. The first-order chi connectivity index (χ1) is 9.85. The van der Waals surface area contributed by atoms with Crippen molar-refractivity contribution in [3.63, 3.8) is 0 Å². The highest BCUT2D eigenvalue weighted by Gasteiger charge is 2.35. The van der Waals surface area contributed by atoms with E-state index >= 15 is 0 Å². The quantitative estimate of drug-likeness (QED) is 0.925. The molecule has 1 unspecified atom stereocenters. The molecule has 2 heterocycles. The van der Waals surface area contributed by atoms with Gasteiger partial charge in [-0.15, -0.1) is 0 Å². The number of hydrogen-bond acceptors (Lipinski definition) is 5. The molecule has 0 saturated heterocycles. The van der Waals surface area contributed by atoms with Gasteiger partial charge in [0.2, 0.25) is 5.82 Å². The molecule has 5 heteroatoms. The zero-order valence-electron chi connectivity index (χ0n) is 11.4. The molecule has 1 atom stereocenters. The third kappa shape index (κ3) is 2.03. The number of benzene rings is 1. The van der Waals surface area contributed by atoms with Crippen LogP contribution < -0.4 is 5.32 Å². The van der Waals surface area contributed by atoms with Gasteiger partial charge in [-0.25, -0.2) is 0 Å². The lowest BCUT2D eigenvalue weighted by Crippen LogP contribution is -2.05. The minimum absolute atomic E-state index is 0.0245. The summed E-state index contributed by atoms with van der Waals surface area (Å²) in [5.41, 5.74) is 3.64. The van der Waals surface area contributed by atoms with Gasteiger partial charge in [0.15, 0.2) is 0 Å². The zero-order chi connectivity index (χ0) is 13.5. The second-order valence-corrected chi connectivity index (χ2v) is 5.54. The maximum Gasteiger partial charge on any atom is 0.258 e. The molecule has 104 valence electrons. The van der Waals surface area contributed by atoms with E-state index in [4.69, 9.17) is 9.26 Å². The van der Waals surface area contributed by atoms with Crippen LogP contribution in [-0.2, 0) is 17.8 Å². The molecule has 2 aliphatic rings. The lowest BCUT2D eigenvalue weighted by atomic mass is 10.1. The van der Waals surface area contributed by atoms with E-state index < -0.39 is 0 Å².